The first-order valence-electron chi connectivity index (χ1n) is 5.20. The summed E-state index contributed by atoms with van der Waals surface area (Å²) in [6.45, 7) is 5.88. The molecule has 1 fully saturated rings. The van der Waals surface area contributed by atoms with Gasteiger partial charge in [0.05, 0.1) is 12.0 Å². The van der Waals surface area contributed by atoms with Crippen molar-refractivity contribution < 1.29 is 14.3 Å². The molecule has 5 heteroatoms. The average molecular weight is 224 g/mol. The molecule has 1 heterocycles. The summed E-state index contributed by atoms with van der Waals surface area (Å²) >= 11 is 0. The smallest absolute Gasteiger partial charge is 0.410 e. The van der Waals surface area contributed by atoms with E-state index in [0.29, 0.717) is 0 Å². The molecule has 5 nitrogen and oxygen atoms in total. The first kappa shape index (κ1) is 12.5. The van der Waals surface area contributed by atoms with Crippen molar-refractivity contribution in [3.05, 3.63) is 0 Å². The van der Waals surface area contributed by atoms with E-state index in [0.717, 1.165) is 6.29 Å². The molecule has 2 atom stereocenters. The molecule has 1 rings (SSSR count). The first-order chi connectivity index (χ1) is 7.37. The summed E-state index contributed by atoms with van der Waals surface area (Å²) in [7, 11) is 0. The van der Waals surface area contributed by atoms with Crippen LogP contribution in [0, 0.1) is 23.2 Å². The van der Waals surface area contributed by atoms with Crippen LogP contribution in [-0.2, 0) is 9.53 Å². The second-order valence-corrected chi connectivity index (χ2v) is 4.92. The van der Waals surface area contributed by atoms with Gasteiger partial charge in [-0.1, -0.05) is 0 Å². The molecule has 0 aromatic rings. The summed E-state index contributed by atoms with van der Waals surface area (Å²) in [5.74, 6) is -0.803. The Bertz CT molecular complexity index is 327. The van der Waals surface area contributed by atoms with Crippen LogP contribution in [0.4, 0.5) is 4.79 Å². The minimum Gasteiger partial charge on any atom is -0.444 e. The molecular weight excluding hydrogens is 208 g/mol. The number of rotatable bonds is 1. The monoisotopic (exact) mass is 224 g/mol. The maximum absolute atomic E-state index is 11.7. The van der Waals surface area contributed by atoms with Crippen LogP contribution >= 0.6 is 0 Å². The highest BCUT2D eigenvalue weighted by molar-refractivity contribution is 5.70. The number of hydrogen-bond acceptors (Lipinski definition) is 4. The third-order valence-corrected chi connectivity index (χ3v) is 2.36. The van der Waals surface area contributed by atoms with Gasteiger partial charge in [-0.05, 0) is 20.8 Å². The van der Waals surface area contributed by atoms with Crippen molar-refractivity contribution in [3.63, 3.8) is 0 Å². The van der Waals surface area contributed by atoms with E-state index >= 15 is 0 Å². The minimum absolute atomic E-state index is 0.273. The van der Waals surface area contributed by atoms with Gasteiger partial charge in [0, 0.05) is 19.0 Å². The van der Waals surface area contributed by atoms with Crippen LogP contribution in [-0.4, -0.2) is 36.0 Å². The molecule has 0 aliphatic carbocycles. The Morgan fingerprint density at radius 2 is 2.12 bits per heavy atom. The summed E-state index contributed by atoms with van der Waals surface area (Å²) in [6, 6.07) is 2.03. The van der Waals surface area contributed by atoms with Crippen LogP contribution in [0.2, 0.25) is 0 Å². The van der Waals surface area contributed by atoms with E-state index < -0.39 is 23.5 Å². The van der Waals surface area contributed by atoms with E-state index in [9.17, 15) is 9.59 Å². The highest BCUT2D eigenvalue weighted by Gasteiger charge is 2.36. The second kappa shape index (κ2) is 4.52. The minimum atomic E-state index is -0.557. The van der Waals surface area contributed by atoms with E-state index in [2.05, 4.69) is 0 Å². The van der Waals surface area contributed by atoms with E-state index in [4.69, 9.17) is 10.00 Å². The number of hydrogen-bond donors (Lipinski definition) is 0. The van der Waals surface area contributed by atoms with Crippen molar-refractivity contribution in [2.24, 2.45) is 11.8 Å². The molecule has 0 aromatic heterocycles. The molecular formula is C11H16N2O3. The fourth-order valence-corrected chi connectivity index (χ4v) is 1.58. The highest BCUT2D eigenvalue weighted by atomic mass is 16.6. The predicted molar refractivity (Wildman–Crippen MR) is 56.5 cm³/mol. The van der Waals surface area contributed by atoms with Crippen molar-refractivity contribution in [1.29, 1.82) is 5.26 Å². The Labute approximate surface area is 95.0 Å². The van der Waals surface area contributed by atoms with Gasteiger partial charge in [-0.25, -0.2) is 4.79 Å². The van der Waals surface area contributed by atoms with Crippen LogP contribution in [0.1, 0.15) is 20.8 Å². The van der Waals surface area contributed by atoms with Crippen molar-refractivity contribution in [3.8, 4) is 6.07 Å². The van der Waals surface area contributed by atoms with Crippen LogP contribution in [0.25, 0.3) is 0 Å². The Hall–Kier alpha value is -1.57. The van der Waals surface area contributed by atoms with Gasteiger partial charge >= 0.3 is 6.09 Å². The zero-order valence-electron chi connectivity index (χ0n) is 9.77. The molecule has 0 radical (unpaired) electrons. The fraction of sp³-hybridized carbons (Fsp3) is 0.727. The molecule has 0 spiro atoms. The van der Waals surface area contributed by atoms with Crippen molar-refractivity contribution in [2.45, 2.75) is 26.4 Å². The SMILES string of the molecule is CC(C)(C)OC(=O)N1CC(C#N)C(C=O)C1. The maximum atomic E-state index is 11.7. The van der Waals surface area contributed by atoms with Crippen LogP contribution in [0.3, 0.4) is 0 Å². The zero-order chi connectivity index (χ0) is 12.3. The lowest BCUT2D eigenvalue weighted by atomic mass is 10.00. The summed E-state index contributed by atoms with van der Waals surface area (Å²) in [4.78, 5) is 23.8. The van der Waals surface area contributed by atoms with Gasteiger partial charge < -0.3 is 14.4 Å². The van der Waals surface area contributed by atoms with Gasteiger partial charge in [0.2, 0.25) is 0 Å². The molecule has 1 saturated heterocycles. The third kappa shape index (κ3) is 2.96. The third-order valence-electron chi connectivity index (χ3n) is 2.36. The number of carbonyl (C=O) groups excluding carboxylic acids is 2. The van der Waals surface area contributed by atoms with E-state index in [1.165, 1.54) is 4.90 Å². The molecule has 88 valence electrons. The second-order valence-electron chi connectivity index (χ2n) is 4.92. The molecule has 0 bridgehead atoms. The lowest BCUT2D eigenvalue weighted by Gasteiger charge is -2.24. The number of aldehydes is 1. The lowest BCUT2D eigenvalue weighted by molar-refractivity contribution is -0.111. The molecule has 1 aliphatic heterocycles. The van der Waals surface area contributed by atoms with Crippen molar-refractivity contribution in [1.82, 2.24) is 4.90 Å². The first-order valence-corrected chi connectivity index (χ1v) is 5.20. The van der Waals surface area contributed by atoms with Crippen LogP contribution in [0.15, 0.2) is 0 Å². The molecule has 0 N–H and O–H groups in total. The number of ether oxygens (including phenoxy) is 1. The molecule has 0 aromatic carbocycles. The zero-order valence-corrected chi connectivity index (χ0v) is 9.77. The number of carbonyl (C=O) groups is 2. The van der Waals surface area contributed by atoms with Gasteiger partial charge in [-0.15, -0.1) is 0 Å². The van der Waals surface area contributed by atoms with Gasteiger partial charge in [-0.2, -0.15) is 5.26 Å². The van der Waals surface area contributed by atoms with E-state index in [1.54, 1.807) is 20.8 Å². The molecule has 16 heavy (non-hydrogen) atoms. The van der Waals surface area contributed by atoms with Crippen molar-refractivity contribution in [2.75, 3.05) is 13.1 Å². The van der Waals surface area contributed by atoms with Crippen molar-refractivity contribution >= 4 is 12.4 Å². The summed E-state index contributed by atoms with van der Waals surface area (Å²) in [5.41, 5.74) is -0.557. The number of nitrogens with zero attached hydrogens (tertiary/aromatic N) is 2. The number of nitriles is 1. The predicted octanol–water partition coefficient (Wildman–Crippen LogP) is 1.19. The molecule has 1 aliphatic rings. The summed E-state index contributed by atoms with van der Waals surface area (Å²) in [5, 5.41) is 8.81. The Morgan fingerprint density at radius 1 is 1.50 bits per heavy atom. The number of amides is 1. The average Bonchev–Trinajstić information content (AvgIpc) is 2.57. The normalized spacial score (nSPS) is 25.0. The van der Waals surface area contributed by atoms with Gasteiger partial charge in [0.15, 0.2) is 0 Å². The fourth-order valence-electron chi connectivity index (χ4n) is 1.58. The Kier molecular flexibility index (Phi) is 3.53. The van der Waals surface area contributed by atoms with Gasteiger partial charge in [0.25, 0.3) is 0 Å². The molecule has 0 saturated carbocycles. The largest absolute Gasteiger partial charge is 0.444 e. The van der Waals surface area contributed by atoms with Crippen LogP contribution in [0.5, 0.6) is 0 Å². The molecule has 1 amide bonds. The Balaban J connectivity index is 2.62. The van der Waals surface area contributed by atoms with Crippen LogP contribution < -0.4 is 0 Å². The van der Waals surface area contributed by atoms with E-state index in [-0.39, 0.29) is 13.1 Å². The summed E-state index contributed by atoms with van der Waals surface area (Å²) < 4.78 is 5.17. The highest BCUT2D eigenvalue weighted by Crippen LogP contribution is 2.23. The maximum Gasteiger partial charge on any atom is 0.410 e. The number of likely N-dealkylation sites (tertiary alicyclic amines) is 1. The van der Waals surface area contributed by atoms with E-state index in [1.807, 2.05) is 6.07 Å². The topological polar surface area (TPSA) is 70.4 Å². The van der Waals surface area contributed by atoms with Gasteiger partial charge in [-0.3, -0.25) is 0 Å². The molecule has 2 unspecified atom stereocenters. The van der Waals surface area contributed by atoms with Gasteiger partial charge in [0.1, 0.15) is 11.9 Å². The lowest BCUT2D eigenvalue weighted by Crippen LogP contribution is -2.35. The summed E-state index contributed by atoms with van der Waals surface area (Å²) in [6.07, 6.45) is 0.273. The standard InChI is InChI=1S/C11H16N2O3/c1-11(2,3)16-10(15)13-5-8(4-12)9(6-13)7-14/h7-9H,5-6H2,1-3H3. The quantitative estimate of drug-likeness (QED) is 0.627. The Morgan fingerprint density at radius 3 is 2.50 bits per heavy atom.